The quantitative estimate of drug-likeness (QED) is 0.253. The zero-order chi connectivity index (χ0) is 11.8. The van der Waals surface area contributed by atoms with Crippen molar-refractivity contribution in [3.05, 3.63) is 0 Å². The lowest BCUT2D eigenvalue weighted by Crippen LogP contribution is -2.70. The molecular formula is C8H16O7. The van der Waals surface area contributed by atoms with Gasteiger partial charge in [0, 0.05) is 13.0 Å². The van der Waals surface area contributed by atoms with E-state index in [0.29, 0.717) is 0 Å². The van der Waals surface area contributed by atoms with Gasteiger partial charge in [0.2, 0.25) is 0 Å². The van der Waals surface area contributed by atoms with Crippen molar-refractivity contribution in [3.63, 3.8) is 0 Å². The van der Waals surface area contributed by atoms with E-state index in [-0.39, 0.29) is 0 Å². The largest absolute Gasteiger partial charge is 0.396 e. The number of aliphatic hydroxyl groups excluding tert-OH is 6. The summed E-state index contributed by atoms with van der Waals surface area (Å²) in [4.78, 5) is 0. The molecule has 7 nitrogen and oxygen atoms in total. The molecule has 7 heteroatoms. The van der Waals surface area contributed by atoms with Gasteiger partial charge in [0.15, 0.2) is 0 Å². The van der Waals surface area contributed by atoms with Crippen LogP contribution in [0.4, 0.5) is 0 Å². The summed E-state index contributed by atoms with van der Waals surface area (Å²) >= 11 is 0. The molecule has 0 aromatic carbocycles. The molecule has 0 spiro atoms. The molecule has 6 atom stereocenters. The van der Waals surface area contributed by atoms with Gasteiger partial charge in [-0.05, 0) is 0 Å². The van der Waals surface area contributed by atoms with E-state index >= 15 is 0 Å². The molecule has 0 saturated heterocycles. The minimum Gasteiger partial charge on any atom is -0.396 e. The van der Waals surface area contributed by atoms with Gasteiger partial charge in [-0.25, -0.2) is 0 Å². The lowest BCUT2D eigenvalue weighted by molar-refractivity contribution is -0.271. The minimum atomic E-state index is -2.23. The second kappa shape index (κ2) is 4.30. The Morgan fingerprint density at radius 3 is 1.53 bits per heavy atom. The predicted octanol–water partition coefficient (Wildman–Crippen LogP) is -4.08. The Kier molecular flexibility index (Phi) is 3.67. The highest BCUT2D eigenvalue weighted by Crippen LogP contribution is 2.32. The van der Waals surface area contributed by atoms with E-state index in [1.807, 2.05) is 0 Å². The first-order chi connectivity index (χ1) is 6.86. The van der Waals surface area contributed by atoms with E-state index < -0.39 is 49.1 Å². The second-order valence-electron chi connectivity index (χ2n) is 3.83. The van der Waals surface area contributed by atoms with Crippen molar-refractivity contribution in [1.29, 1.82) is 0 Å². The Morgan fingerprint density at radius 1 is 0.800 bits per heavy atom. The van der Waals surface area contributed by atoms with Crippen LogP contribution in [0.5, 0.6) is 0 Å². The summed E-state index contributed by atoms with van der Waals surface area (Å²) in [5, 5.41) is 65.1. The van der Waals surface area contributed by atoms with Crippen LogP contribution in [0.1, 0.15) is 6.42 Å². The highest BCUT2D eigenvalue weighted by atomic mass is 16.4. The SMILES string of the molecule is OCC[C@@]1(O)C(O)C(O)[C@H](O)C(O)[C@@H]1O. The van der Waals surface area contributed by atoms with Crippen LogP contribution >= 0.6 is 0 Å². The summed E-state index contributed by atoms with van der Waals surface area (Å²) in [6.07, 6.45) is -9.39. The second-order valence-corrected chi connectivity index (χ2v) is 3.83. The summed E-state index contributed by atoms with van der Waals surface area (Å²) in [5.41, 5.74) is -2.23. The van der Waals surface area contributed by atoms with Crippen LogP contribution in [0.25, 0.3) is 0 Å². The summed E-state index contributed by atoms with van der Waals surface area (Å²) in [7, 11) is 0. The van der Waals surface area contributed by atoms with Gasteiger partial charge in [-0.2, -0.15) is 0 Å². The molecule has 3 unspecified atom stereocenters. The first-order valence-electron chi connectivity index (χ1n) is 4.60. The predicted molar refractivity (Wildman–Crippen MR) is 46.7 cm³/mol. The summed E-state index contributed by atoms with van der Waals surface area (Å²) in [6.45, 7) is -0.542. The number of rotatable bonds is 2. The summed E-state index contributed by atoms with van der Waals surface area (Å²) < 4.78 is 0. The normalized spacial score (nSPS) is 51.8. The van der Waals surface area contributed by atoms with Crippen molar-refractivity contribution in [3.8, 4) is 0 Å². The van der Waals surface area contributed by atoms with Crippen LogP contribution < -0.4 is 0 Å². The number of aliphatic hydroxyl groups is 7. The van der Waals surface area contributed by atoms with Crippen LogP contribution in [0, 0.1) is 0 Å². The molecule has 0 bridgehead atoms. The van der Waals surface area contributed by atoms with Gasteiger partial charge in [-0.15, -0.1) is 0 Å². The van der Waals surface area contributed by atoms with Crippen molar-refractivity contribution >= 4 is 0 Å². The minimum absolute atomic E-state index is 0.420. The Morgan fingerprint density at radius 2 is 1.20 bits per heavy atom. The van der Waals surface area contributed by atoms with Crippen LogP contribution in [-0.2, 0) is 0 Å². The maximum Gasteiger partial charge on any atom is 0.124 e. The van der Waals surface area contributed by atoms with Crippen molar-refractivity contribution < 1.29 is 35.7 Å². The third kappa shape index (κ3) is 1.87. The van der Waals surface area contributed by atoms with Crippen LogP contribution in [0.2, 0.25) is 0 Å². The standard InChI is InChI=1S/C8H16O7/c9-2-1-8(15)6(13)4(11)3(10)5(12)7(8)14/h3-7,9-15H,1-2H2/t3-,4?,5?,6+,7?,8+/m1/s1. The number of hydrogen-bond acceptors (Lipinski definition) is 7. The van der Waals surface area contributed by atoms with Gasteiger partial charge >= 0.3 is 0 Å². The van der Waals surface area contributed by atoms with E-state index in [9.17, 15) is 30.6 Å². The molecular weight excluding hydrogens is 208 g/mol. The molecule has 0 amide bonds. The fraction of sp³-hybridized carbons (Fsp3) is 1.00. The van der Waals surface area contributed by atoms with Crippen molar-refractivity contribution in [2.24, 2.45) is 0 Å². The maximum absolute atomic E-state index is 9.78. The molecule has 1 saturated carbocycles. The Bertz CT molecular complexity index is 205. The van der Waals surface area contributed by atoms with Gasteiger partial charge < -0.3 is 35.7 Å². The van der Waals surface area contributed by atoms with Crippen molar-refractivity contribution in [1.82, 2.24) is 0 Å². The van der Waals surface area contributed by atoms with E-state index in [2.05, 4.69) is 0 Å². The third-order valence-corrected chi connectivity index (χ3v) is 2.88. The van der Waals surface area contributed by atoms with Crippen LogP contribution in [-0.4, -0.2) is 78.5 Å². The van der Waals surface area contributed by atoms with Crippen LogP contribution in [0.15, 0.2) is 0 Å². The molecule has 15 heavy (non-hydrogen) atoms. The fourth-order valence-electron chi connectivity index (χ4n) is 1.82. The van der Waals surface area contributed by atoms with E-state index in [4.69, 9.17) is 5.11 Å². The monoisotopic (exact) mass is 224 g/mol. The van der Waals surface area contributed by atoms with Crippen molar-refractivity contribution in [2.45, 2.75) is 42.5 Å². The molecule has 0 aromatic rings. The van der Waals surface area contributed by atoms with Crippen LogP contribution in [0.3, 0.4) is 0 Å². The van der Waals surface area contributed by atoms with Gasteiger partial charge in [0.1, 0.15) is 36.1 Å². The topological polar surface area (TPSA) is 142 Å². The maximum atomic E-state index is 9.78. The Balaban J connectivity index is 2.95. The van der Waals surface area contributed by atoms with Gasteiger partial charge in [-0.1, -0.05) is 0 Å². The van der Waals surface area contributed by atoms with Crippen molar-refractivity contribution in [2.75, 3.05) is 6.61 Å². The summed E-state index contributed by atoms with van der Waals surface area (Å²) in [6, 6.07) is 0. The zero-order valence-electron chi connectivity index (χ0n) is 7.93. The first kappa shape index (κ1) is 12.8. The molecule has 90 valence electrons. The fourth-order valence-corrected chi connectivity index (χ4v) is 1.82. The van der Waals surface area contributed by atoms with E-state index in [0.717, 1.165) is 0 Å². The van der Waals surface area contributed by atoms with E-state index in [1.54, 1.807) is 0 Å². The van der Waals surface area contributed by atoms with Gasteiger partial charge in [0.25, 0.3) is 0 Å². The lowest BCUT2D eigenvalue weighted by Gasteiger charge is -2.47. The molecule has 0 radical (unpaired) electrons. The summed E-state index contributed by atoms with van der Waals surface area (Å²) in [5.74, 6) is 0. The third-order valence-electron chi connectivity index (χ3n) is 2.88. The molecule has 1 aliphatic rings. The molecule has 1 aliphatic carbocycles. The average molecular weight is 224 g/mol. The molecule has 1 rings (SSSR count). The highest BCUT2D eigenvalue weighted by Gasteiger charge is 2.56. The zero-order valence-corrected chi connectivity index (χ0v) is 7.93. The van der Waals surface area contributed by atoms with Gasteiger partial charge in [-0.3, -0.25) is 0 Å². The Hall–Kier alpha value is -0.280. The first-order valence-corrected chi connectivity index (χ1v) is 4.60. The van der Waals surface area contributed by atoms with Gasteiger partial charge in [0.05, 0.1) is 0 Å². The molecule has 1 fully saturated rings. The number of hydrogen-bond donors (Lipinski definition) is 7. The van der Waals surface area contributed by atoms with E-state index in [1.165, 1.54) is 0 Å². The molecule has 0 heterocycles. The Labute approximate surface area is 85.8 Å². The molecule has 0 aliphatic heterocycles. The highest BCUT2D eigenvalue weighted by molar-refractivity contribution is 5.08. The molecule has 0 aromatic heterocycles. The smallest absolute Gasteiger partial charge is 0.124 e. The lowest BCUT2D eigenvalue weighted by atomic mass is 9.73. The average Bonchev–Trinajstić information content (AvgIpc) is 2.22. The molecule has 7 N–H and O–H groups in total.